The molecule has 0 spiro atoms. The molecule has 0 bridgehead atoms. The van der Waals surface area contributed by atoms with Gasteiger partial charge in [-0.15, -0.1) is 0 Å². The fourth-order valence-electron chi connectivity index (χ4n) is 2.10. The first-order chi connectivity index (χ1) is 11.6. The Morgan fingerprint density at radius 1 is 1.21 bits per heavy atom. The number of hydrazone groups is 1. The molecular formula is C17H17N3O4. The predicted octanol–water partition coefficient (Wildman–Crippen LogP) is 2.56. The van der Waals surface area contributed by atoms with E-state index >= 15 is 0 Å². The number of rotatable bonds is 7. The summed E-state index contributed by atoms with van der Waals surface area (Å²) < 4.78 is 0. The van der Waals surface area contributed by atoms with E-state index in [0.29, 0.717) is 5.56 Å². The van der Waals surface area contributed by atoms with E-state index in [-0.39, 0.29) is 24.4 Å². The fraction of sp³-hybridized carbons (Fsp3) is 0.176. The molecule has 0 aromatic heterocycles. The van der Waals surface area contributed by atoms with E-state index in [1.165, 1.54) is 18.3 Å². The Kier molecular flexibility index (Phi) is 6.16. The van der Waals surface area contributed by atoms with Crippen molar-refractivity contribution in [2.75, 3.05) is 0 Å². The van der Waals surface area contributed by atoms with E-state index in [9.17, 15) is 20.0 Å². The second-order valence-corrected chi connectivity index (χ2v) is 5.07. The Morgan fingerprint density at radius 2 is 1.88 bits per heavy atom. The number of nitro groups is 1. The Hall–Kier alpha value is -3.06. The van der Waals surface area contributed by atoms with Gasteiger partial charge >= 0.3 is 0 Å². The molecule has 0 heterocycles. The van der Waals surface area contributed by atoms with Gasteiger partial charge < -0.3 is 5.11 Å². The summed E-state index contributed by atoms with van der Waals surface area (Å²) in [5.41, 5.74) is 3.26. The van der Waals surface area contributed by atoms with Crippen LogP contribution in [-0.4, -0.2) is 22.2 Å². The molecule has 2 N–H and O–H groups in total. The van der Waals surface area contributed by atoms with Gasteiger partial charge in [0.05, 0.1) is 22.8 Å². The molecule has 0 aliphatic rings. The SMILES string of the molecule is O=C(CC[C@@H](O)c1ccccc1)N/N=C\c1ccccc1[N+](=O)[O-]. The van der Waals surface area contributed by atoms with Crippen LogP contribution in [0.2, 0.25) is 0 Å². The molecule has 1 atom stereocenters. The van der Waals surface area contributed by atoms with Crippen LogP contribution in [0.3, 0.4) is 0 Å². The van der Waals surface area contributed by atoms with Gasteiger partial charge in [0.1, 0.15) is 0 Å². The number of hydrogen-bond donors (Lipinski definition) is 2. The summed E-state index contributed by atoms with van der Waals surface area (Å²) in [7, 11) is 0. The van der Waals surface area contributed by atoms with Crippen LogP contribution in [0.4, 0.5) is 5.69 Å². The molecule has 2 aromatic rings. The Balaban J connectivity index is 1.84. The second-order valence-electron chi connectivity index (χ2n) is 5.07. The van der Waals surface area contributed by atoms with Gasteiger partial charge in [0, 0.05) is 12.5 Å². The van der Waals surface area contributed by atoms with Gasteiger partial charge in [0.25, 0.3) is 5.69 Å². The number of aliphatic hydroxyl groups excluding tert-OH is 1. The zero-order chi connectivity index (χ0) is 17.4. The first kappa shape index (κ1) is 17.3. The van der Waals surface area contributed by atoms with Crippen LogP contribution in [0.1, 0.15) is 30.1 Å². The summed E-state index contributed by atoms with van der Waals surface area (Å²) in [6.07, 6.45) is 0.848. The van der Waals surface area contributed by atoms with Crippen molar-refractivity contribution in [3.63, 3.8) is 0 Å². The average molecular weight is 327 g/mol. The summed E-state index contributed by atoms with van der Waals surface area (Å²) in [6.45, 7) is 0. The molecule has 2 aromatic carbocycles. The molecule has 0 radical (unpaired) electrons. The standard InChI is InChI=1S/C17H17N3O4/c21-16(13-6-2-1-3-7-13)10-11-17(22)19-18-12-14-8-4-5-9-15(14)20(23)24/h1-9,12,16,21H,10-11H2,(H,19,22)/b18-12-/t16-/m1/s1. The van der Waals surface area contributed by atoms with E-state index < -0.39 is 11.0 Å². The van der Waals surface area contributed by atoms with E-state index in [1.54, 1.807) is 24.3 Å². The molecule has 0 fully saturated rings. The van der Waals surface area contributed by atoms with Gasteiger partial charge in [-0.3, -0.25) is 14.9 Å². The van der Waals surface area contributed by atoms with Gasteiger partial charge in [-0.2, -0.15) is 5.10 Å². The third kappa shape index (κ3) is 4.99. The van der Waals surface area contributed by atoms with Crippen LogP contribution in [0, 0.1) is 10.1 Å². The average Bonchev–Trinajstić information content (AvgIpc) is 2.60. The maximum Gasteiger partial charge on any atom is 0.278 e. The first-order valence-corrected chi connectivity index (χ1v) is 7.36. The molecule has 0 aliphatic carbocycles. The monoisotopic (exact) mass is 327 g/mol. The van der Waals surface area contributed by atoms with Crippen molar-refractivity contribution in [2.45, 2.75) is 18.9 Å². The van der Waals surface area contributed by atoms with Crippen molar-refractivity contribution in [2.24, 2.45) is 5.10 Å². The van der Waals surface area contributed by atoms with Gasteiger partial charge in [-0.25, -0.2) is 5.43 Å². The van der Waals surface area contributed by atoms with Gasteiger partial charge in [0.15, 0.2) is 0 Å². The van der Waals surface area contributed by atoms with Crippen LogP contribution in [0.15, 0.2) is 59.7 Å². The highest BCUT2D eigenvalue weighted by Gasteiger charge is 2.11. The summed E-state index contributed by atoms with van der Waals surface area (Å²) in [6, 6.07) is 15.1. The molecule has 0 unspecified atom stereocenters. The molecule has 0 saturated heterocycles. The smallest absolute Gasteiger partial charge is 0.278 e. The van der Waals surface area contributed by atoms with E-state index in [2.05, 4.69) is 10.5 Å². The lowest BCUT2D eigenvalue weighted by Gasteiger charge is -2.09. The maximum absolute atomic E-state index is 11.7. The van der Waals surface area contributed by atoms with Gasteiger partial charge in [-0.05, 0) is 18.1 Å². The molecule has 124 valence electrons. The van der Waals surface area contributed by atoms with Gasteiger partial charge in [-0.1, -0.05) is 42.5 Å². The van der Waals surface area contributed by atoms with E-state index in [0.717, 1.165) is 5.56 Å². The van der Waals surface area contributed by atoms with E-state index in [4.69, 9.17) is 0 Å². The number of carbonyl (C=O) groups is 1. The summed E-state index contributed by atoms with van der Waals surface area (Å²) in [5, 5.41) is 24.6. The highest BCUT2D eigenvalue weighted by atomic mass is 16.6. The van der Waals surface area contributed by atoms with E-state index in [1.807, 2.05) is 18.2 Å². The normalized spacial score (nSPS) is 12.0. The molecule has 0 saturated carbocycles. The van der Waals surface area contributed by atoms with Crippen molar-refractivity contribution in [3.05, 3.63) is 75.8 Å². The lowest BCUT2D eigenvalue weighted by Crippen LogP contribution is -2.18. The minimum Gasteiger partial charge on any atom is -0.388 e. The summed E-state index contributed by atoms with van der Waals surface area (Å²) in [4.78, 5) is 22.1. The fourth-order valence-corrected chi connectivity index (χ4v) is 2.10. The number of nitro benzene ring substituents is 1. The van der Waals surface area contributed by atoms with Crippen molar-refractivity contribution in [1.82, 2.24) is 5.43 Å². The Bertz CT molecular complexity index is 732. The van der Waals surface area contributed by atoms with Crippen molar-refractivity contribution < 1.29 is 14.8 Å². The highest BCUT2D eigenvalue weighted by molar-refractivity contribution is 5.86. The third-order valence-corrected chi connectivity index (χ3v) is 3.36. The Labute approximate surface area is 138 Å². The molecular weight excluding hydrogens is 310 g/mol. The topological polar surface area (TPSA) is 105 Å². The van der Waals surface area contributed by atoms with Crippen LogP contribution >= 0.6 is 0 Å². The van der Waals surface area contributed by atoms with Crippen molar-refractivity contribution >= 4 is 17.8 Å². The predicted molar refractivity (Wildman–Crippen MR) is 89.5 cm³/mol. The highest BCUT2D eigenvalue weighted by Crippen LogP contribution is 2.17. The lowest BCUT2D eigenvalue weighted by atomic mass is 10.1. The number of nitrogens with one attached hydrogen (secondary N) is 1. The number of para-hydroxylation sites is 1. The number of hydrogen-bond acceptors (Lipinski definition) is 5. The second kappa shape index (κ2) is 8.54. The van der Waals surface area contributed by atoms with Crippen LogP contribution < -0.4 is 5.43 Å². The number of benzene rings is 2. The van der Waals surface area contributed by atoms with Crippen LogP contribution in [0.5, 0.6) is 0 Å². The number of nitrogens with zero attached hydrogens (tertiary/aromatic N) is 2. The van der Waals surface area contributed by atoms with Crippen molar-refractivity contribution in [3.8, 4) is 0 Å². The zero-order valence-corrected chi connectivity index (χ0v) is 12.8. The number of amides is 1. The third-order valence-electron chi connectivity index (χ3n) is 3.36. The molecule has 7 heteroatoms. The van der Waals surface area contributed by atoms with Crippen molar-refractivity contribution in [1.29, 1.82) is 0 Å². The summed E-state index contributed by atoms with van der Waals surface area (Å²) in [5.74, 6) is -0.375. The number of aliphatic hydroxyl groups is 1. The Morgan fingerprint density at radius 3 is 2.58 bits per heavy atom. The lowest BCUT2D eigenvalue weighted by molar-refractivity contribution is -0.385. The minimum absolute atomic E-state index is 0.0876. The van der Waals surface area contributed by atoms with Gasteiger partial charge in [0.2, 0.25) is 5.91 Å². The maximum atomic E-state index is 11.7. The summed E-state index contributed by atoms with van der Waals surface area (Å²) >= 11 is 0. The minimum atomic E-state index is -0.726. The molecule has 7 nitrogen and oxygen atoms in total. The zero-order valence-electron chi connectivity index (χ0n) is 12.8. The molecule has 1 amide bonds. The molecule has 24 heavy (non-hydrogen) atoms. The number of carbonyl (C=O) groups excluding carboxylic acids is 1. The van der Waals surface area contributed by atoms with Crippen LogP contribution in [0.25, 0.3) is 0 Å². The van der Waals surface area contributed by atoms with Crippen LogP contribution in [-0.2, 0) is 4.79 Å². The quantitative estimate of drug-likeness (QED) is 0.463. The first-order valence-electron chi connectivity index (χ1n) is 7.36. The molecule has 2 rings (SSSR count). The molecule has 0 aliphatic heterocycles. The largest absolute Gasteiger partial charge is 0.388 e.